The number of nitrogens with zero attached hydrogens (tertiary/aromatic N) is 3. The molecule has 7 heteroatoms. The molecule has 2 heterocycles. The molecule has 0 bridgehead atoms. The highest BCUT2D eigenvalue weighted by molar-refractivity contribution is 5.77. The monoisotopic (exact) mass is 524 g/mol. The maximum atomic E-state index is 12.8. The number of likely N-dealkylation sites (tertiary alicyclic amines) is 1. The molecule has 39 heavy (non-hydrogen) atoms. The van der Waals surface area contributed by atoms with Crippen LogP contribution in [0, 0.1) is 5.92 Å². The minimum atomic E-state index is -0.147. The fourth-order valence-corrected chi connectivity index (χ4v) is 4.88. The zero-order chi connectivity index (χ0) is 26.9. The normalized spacial score (nSPS) is 14.2. The van der Waals surface area contributed by atoms with Gasteiger partial charge in [-0.1, -0.05) is 42.5 Å². The molecular formula is C32H36N4O3. The SMILES string of the molecule is CCOc1cccc(CN2CCC(CNC(=O)n3cnc(-c4ccc(OCc5ccccc5)cc4)c3)CC2)c1. The molecule has 1 aromatic heterocycles. The van der Waals surface area contributed by atoms with Gasteiger partial charge in [-0.25, -0.2) is 9.78 Å². The lowest BCUT2D eigenvalue weighted by atomic mass is 9.96. The first kappa shape index (κ1) is 26.5. The third-order valence-electron chi connectivity index (χ3n) is 7.08. The van der Waals surface area contributed by atoms with E-state index in [1.807, 2.05) is 67.6 Å². The van der Waals surface area contributed by atoms with Crippen molar-refractivity contribution < 1.29 is 14.3 Å². The van der Waals surface area contributed by atoms with Crippen molar-refractivity contribution in [1.82, 2.24) is 19.8 Å². The van der Waals surface area contributed by atoms with Gasteiger partial charge in [0.15, 0.2) is 0 Å². The number of carbonyl (C=O) groups excluding carboxylic acids is 1. The highest BCUT2D eigenvalue weighted by atomic mass is 16.5. The number of carbonyl (C=O) groups is 1. The summed E-state index contributed by atoms with van der Waals surface area (Å²) < 4.78 is 13.0. The predicted octanol–water partition coefficient (Wildman–Crippen LogP) is 6.00. The second-order valence-corrected chi connectivity index (χ2v) is 9.95. The van der Waals surface area contributed by atoms with E-state index < -0.39 is 0 Å². The Balaban J connectivity index is 1.05. The van der Waals surface area contributed by atoms with Crippen LogP contribution in [0.5, 0.6) is 11.5 Å². The van der Waals surface area contributed by atoms with Crippen LogP contribution in [0.4, 0.5) is 4.79 Å². The van der Waals surface area contributed by atoms with Crippen LogP contribution >= 0.6 is 0 Å². The van der Waals surface area contributed by atoms with Crippen molar-refractivity contribution in [3.63, 3.8) is 0 Å². The van der Waals surface area contributed by atoms with Gasteiger partial charge in [-0.2, -0.15) is 0 Å². The summed E-state index contributed by atoms with van der Waals surface area (Å²) in [4.78, 5) is 19.7. The van der Waals surface area contributed by atoms with Crippen molar-refractivity contribution in [2.45, 2.75) is 32.9 Å². The molecule has 0 spiro atoms. The lowest BCUT2D eigenvalue weighted by Gasteiger charge is -2.32. The fourth-order valence-electron chi connectivity index (χ4n) is 4.88. The van der Waals surface area contributed by atoms with Gasteiger partial charge < -0.3 is 14.8 Å². The van der Waals surface area contributed by atoms with Crippen molar-refractivity contribution in [2.75, 3.05) is 26.2 Å². The van der Waals surface area contributed by atoms with E-state index in [9.17, 15) is 4.79 Å². The topological polar surface area (TPSA) is 68.6 Å². The first-order valence-electron chi connectivity index (χ1n) is 13.7. The molecule has 1 fully saturated rings. The Hall–Kier alpha value is -4.10. The Kier molecular flexibility index (Phi) is 8.91. The smallest absolute Gasteiger partial charge is 0.326 e. The van der Waals surface area contributed by atoms with Gasteiger partial charge >= 0.3 is 6.03 Å². The highest BCUT2D eigenvalue weighted by Gasteiger charge is 2.20. The number of hydrogen-bond acceptors (Lipinski definition) is 5. The summed E-state index contributed by atoms with van der Waals surface area (Å²) in [5, 5.41) is 3.09. The van der Waals surface area contributed by atoms with Gasteiger partial charge in [0.1, 0.15) is 24.4 Å². The second-order valence-electron chi connectivity index (χ2n) is 9.95. The van der Waals surface area contributed by atoms with E-state index in [2.05, 4.69) is 33.4 Å². The lowest BCUT2D eigenvalue weighted by Crippen LogP contribution is -2.39. The van der Waals surface area contributed by atoms with Crippen molar-refractivity contribution >= 4 is 6.03 Å². The summed E-state index contributed by atoms with van der Waals surface area (Å²) in [5.74, 6) is 2.20. The number of nitrogens with one attached hydrogen (secondary N) is 1. The molecule has 5 rings (SSSR count). The average Bonchev–Trinajstić information content (AvgIpc) is 3.47. The molecule has 1 amide bonds. The summed E-state index contributed by atoms with van der Waals surface area (Å²) in [7, 11) is 0. The van der Waals surface area contributed by atoms with E-state index in [1.165, 1.54) is 10.1 Å². The average molecular weight is 525 g/mol. The second kappa shape index (κ2) is 13.1. The molecule has 0 aliphatic carbocycles. The maximum Gasteiger partial charge on any atom is 0.326 e. The van der Waals surface area contributed by atoms with Gasteiger partial charge in [0.25, 0.3) is 0 Å². The number of hydrogen-bond donors (Lipinski definition) is 1. The van der Waals surface area contributed by atoms with E-state index >= 15 is 0 Å². The number of amides is 1. The molecule has 1 aliphatic heterocycles. The van der Waals surface area contributed by atoms with Gasteiger partial charge in [0, 0.05) is 24.8 Å². The zero-order valence-electron chi connectivity index (χ0n) is 22.5. The number of benzene rings is 3. The predicted molar refractivity (Wildman–Crippen MR) is 153 cm³/mol. The number of piperidine rings is 1. The van der Waals surface area contributed by atoms with Crippen molar-refractivity contribution in [3.05, 3.63) is 103 Å². The van der Waals surface area contributed by atoms with Crippen LogP contribution < -0.4 is 14.8 Å². The van der Waals surface area contributed by atoms with Crippen molar-refractivity contribution in [1.29, 1.82) is 0 Å². The Bertz CT molecular complexity index is 1330. The molecule has 4 aromatic rings. The van der Waals surface area contributed by atoms with Gasteiger partial charge in [0.05, 0.1) is 12.3 Å². The molecular weight excluding hydrogens is 488 g/mol. The Labute approximate surface area is 230 Å². The molecule has 7 nitrogen and oxygen atoms in total. The van der Waals surface area contributed by atoms with Gasteiger partial charge in [-0.3, -0.25) is 9.47 Å². The summed E-state index contributed by atoms with van der Waals surface area (Å²) in [6, 6.07) is 26.1. The van der Waals surface area contributed by atoms with Gasteiger partial charge in [0.2, 0.25) is 0 Å². The van der Waals surface area contributed by atoms with Crippen molar-refractivity contribution in [2.24, 2.45) is 5.92 Å². The van der Waals surface area contributed by atoms with Crippen LogP contribution in [-0.2, 0) is 13.2 Å². The molecule has 0 radical (unpaired) electrons. The van der Waals surface area contributed by atoms with Crippen LogP contribution in [0.25, 0.3) is 11.3 Å². The summed E-state index contributed by atoms with van der Waals surface area (Å²) in [5.41, 5.74) is 4.09. The maximum absolute atomic E-state index is 12.8. The summed E-state index contributed by atoms with van der Waals surface area (Å²) >= 11 is 0. The fraction of sp³-hybridized carbons (Fsp3) is 0.312. The first-order chi connectivity index (χ1) is 19.2. The third kappa shape index (κ3) is 7.48. The van der Waals surface area contributed by atoms with Crippen LogP contribution in [0.15, 0.2) is 91.4 Å². The minimum absolute atomic E-state index is 0.147. The van der Waals surface area contributed by atoms with E-state index in [4.69, 9.17) is 9.47 Å². The van der Waals surface area contributed by atoms with Crippen LogP contribution in [-0.4, -0.2) is 46.7 Å². The standard InChI is InChI=1S/C32H36N4O3/c1-2-38-30-10-6-9-27(19-30)21-35-17-15-25(16-18-35)20-33-32(37)36-22-31(34-24-36)28-11-13-29(14-12-28)39-23-26-7-4-3-5-8-26/h3-14,19,22,24-25H,2,15-18,20-21,23H2,1H3,(H,33,37). The molecule has 0 atom stereocenters. The van der Waals surface area contributed by atoms with E-state index in [-0.39, 0.29) is 6.03 Å². The van der Waals surface area contributed by atoms with Crippen LogP contribution in [0.2, 0.25) is 0 Å². The number of aromatic nitrogens is 2. The molecule has 3 aromatic carbocycles. The number of ether oxygens (including phenoxy) is 2. The Morgan fingerprint density at radius 2 is 1.69 bits per heavy atom. The Morgan fingerprint density at radius 1 is 0.923 bits per heavy atom. The van der Waals surface area contributed by atoms with Gasteiger partial charge in [-0.15, -0.1) is 0 Å². The molecule has 0 unspecified atom stereocenters. The minimum Gasteiger partial charge on any atom is -0.494 e. The third-order valence-corrected chi connectivity index (χ3v) is 7.08. The van der Waals surface area contributed by atoms with Gasteiger partial charge in [-0.05, 0) is 86.3 Å². The Morgan fingerprint density at radius 3 is 2.46 bits per heavy atom. The number of rotatable bonds is 10. The largest absolute Gasteiger partial charge is 0.494 e. The number of imidazole rings is 1. The van der Waals surface area contributed by atoms with E-state index in [0.29, 0.717) is 25.7 Å². The molecule has 1 aliphatic rings. The molecule has 1 N–H and O–H groups in total. The molecule has 0 saturated carbocycles. The lowest BCUT2D eigenvalue weighted by molar-refractivity contribution is 0.175. The molecule has 1 saturated heterocycles. The molecule has 202 valence electrons. The quantitative estimate of drug-likeness (QED) is 0.276. The first-order valence-corrected chi connectivity index (χ1v) is 13.7. The van der Waals surface area contributed by atoms with Crippen LogP contribution in [0.1, 0.15) is 30.9 Å². The van der Waals surface area contributed by atoms with E-state index in [1.54, 1.807) is 12.5 Å². The summed E-state index contributed by atoms with van der Waals surface area (Å²) in [6.45, 7) is 6.87. The summed E-state index contributed by atoms with van der Waals surface area (Å²) in [6.07, 6.45) is 5.48. The zero-order valence-corrected chi connectivity index (χ0v) is 22.5. The van der Waals surface area contributed by atoms with E-state index in [0.717, 1.165) is 60.8 Å². The van der Waals surface area contributed by atoms with Crippen molar-refractivity contribution in [3.8, 4) is 22.8 Å². The highest BCUT2D eigenvalue weighted by Crippen LogP contribution is 2.23. The van der Waals surface area contributed by atoms with Crippen LogP contribution in [0.3, 0.4) is 0 Å².